The minimum absolute atomic E-state index is 0.0580. The Hall–Kier alpha value is -2.61. The normalized spacial score (nSPS) is 13.4. The highest BCUT2D eigenvalue weighted by Crippen LogP contribution is 2.54. The summed E-state index contributed by atoms with van der Waals surface area (Å²) in [5.74, 6) is -13.2. The number of carbonyl (C=O) groups excluding carboxylic acids is 2. The summed E-state index contributed by atoms with van der Waals surface area (Å²) in [5.41, 5.74) is -0.853. The van der Waals surface area contributed by atoms with Gasteiger partial charge in [-0.2, -0.15) is 39.5 Å². The van der Waals surface area contributed by atoms with Gasteiger partial charge < -0.3 is 14.0 Å². The van der Waals surface area contributed by atoms with Crippen molar-refractivity contribution in [2.45, 2.75) is 64.8 Å². The Morgan fingerprint density at radius 2 is 0.978 bits per heavy atom. The fourth-order valence-corrected chi connectivity index (χ4v) is 5.67. The van der Waals surface area contributed by atoms with E-state index < -0.39 is 65.4 Å². The van der Waals surface area contributed by atoms with Crippen molar-refractivity contribution in [3.05, 3.63) is 55.7 Å². The molecule has 0 spiro atoms. The quantitative estimate of drug-likeness (QED) is 0.193. The molecule has 0 unspecified atom stereocenters. The third kappa shape index (κ3) is 10.2. The molecule has 0 N–H and O–H groups in total. The van der Waals surface area contributed by atoms with E-state index in [1.807, 2.05) is 90.1 Å². The van der Waals surface area contributed by atoms with Crippen LogP contribution in [0.2, 0.25) is 0 Å². The third-order valence-electron chi connectivity index (χ3n) is 5.70. The molecule has 0 aromatic heterocycles. The van der Waals surface area contributed by atoms with E-state index in [4.69, 9.17) is 9.47 Å². The van der Waals surface area contributed by atoms with Gasteiger partial charge in [0, 0.05) is 10.8 Å². The van der Waals surface area contributed by atoms with E-state index >= 15 is 0 Å². The first-order valence-electron chi connectivity index (χ1n) is 12.8. The maximum Gasteiger partial charge on any atom is 0.460 e. The summed E-state index contributed by atoms with van der Waals surface area (Å²) in [6.07, 6.45) is -7.16. The first-order valence-corrected chi connectivity index (χ1v) is 16.4. The van der Waals surface area contributed by atoms with Gasteiger partial charge in [0.05, 0.1) is 0 Å². The summed E-state index contributed by atoms with van der Waals surface area (Å²) < 4.78 is 149. The zero-order chi connectivity index (χ0) is 36.2. The number of benzene rings is 2. The second-order valence-corrected chi connectivity index (χ2v) is 15.8. The summed E-state index contributed by atoms with van der Waals surface area (Å²) >= 11 is -0.609. The molecule has 0 aliphatic carbocycles. The number of Topliss-reactive ketones (excluding diaryl/α,β-unsaturated/α-hetero) is 2. The molecule has 2 aromatic rings. The minimum atomic E-state index is -7.43. The van der Waals surface area contributed by atoms with Crippen LogP contribution < -0.4 is 30.7 Å². The maximum atomic E-state index is 12.2. The third-order valence-corrected chi connectivity index (χ3v) is 9.53. The first-order chi connectivity index (χ1) is 20.5. The number of carbonyl (C=O) groups is 2. The van der Waals surface area contributed by atoms with Crippen LogP contribution in [0, 0.1) is 18.0 Å². The molecule has 0 radical (unpaired) electrons. The number of halogens is 10. The Morgan fingerprint density at radius 1 is 0.652 bits per heavy atom. The average molecular weight is 808 g/mol. The molecular formula is C28H30F9IO7S. The molecule has 7 nitrogen and oxygen atoms in total. The fourth-order valence-electron chi connectivity index (χ4n) is 2.63. The van der Waals surface area contributed by atoms with E-state index in [9.17, 15) is 62.1 Å². The Kier molecular flexibility index (Phi) is 13.2. The van der Waals surface area contributed by atoms with Crippen molar-refractivity contribution in [3.8, 4) is 11.5 Å². The molecule has 0 bridgehead atoms. The zero-order valence-electron chi connectivity index (χ0n) is 25.1. The summed E-state index contributed by atoms with van der Waals surface area (Å²) in [4.78, 5) is 24.4. The summed E-state index contributed by atoms with van der Waals surface area (Å²) in [7, 11) is -7.42. The lowest BCUT2D eigenvalue weighted by Crippen LogP contribution is -3.61. The van der Waals surface area contributed by atoms with E-state index in [-0.39, 0.29) is 24.8 Å². The van der Waals surface area contributed by atoms with Crippen LogP contribution in [-0.4, -0.2) is 61.0 Å². The van der Waals surface area contributed by atoms with Crippen molar-refractivity contribution in [2.24, 2.45) is 10.8 Å². The highest BCUT2D eigenvalue weighted by Gasteiger charge is 2.83. The number of ketones is 2. The molecule has 2 aromatic carbocycles. The van der Waals surface area contributed by atoms with Gasteiger partial charge in [0.2, 0.25) is 7.14 Å². The molecule has 2 rings (SSSR count). The summed E-state index contributed by atoms with van der Waals surface area (Å²) in [6.45, 7) is 11.5. The van der Waals surface area contributed by atoms with E-state index in [0.717, 1.165) is 18.6 Å². The van der Waals surface area contributed by atoms with Gasteiger partial charge in [0.15, 0.2) is 33.2 Å². The van der Waals surface area contributed by atoms with Gasteiger partial charge >= 0.3 is 44.5 Å². The van der Waals surface area contributed by atoms with Gasteiger partial charge in [-0.05, 0) is 24.3 Å². The fraction of sp³-hybridized carbons (Fsp3) is 0.500. The standard InChI is InChI=1S/C24H30IO4.C4HF9O3S/c1-23(2,3)21(26)15-28-19-13-9-7-11-17(19)25-18-12-8-10-14-20(18)29-16-22(27)24(4,5)6;5-1(6,3(9,10)11)2(7,8)4(12,13)17(14,15)16/h7-14H,15-16H2,1-6H3;(H,14,15,16)/q+1;/p-1. The van der Waals surface area contributed by atoms with Crippen molar-refractivity contribution in [1.82, 2.24) is 0 Å². The van der Waals surface area contributed by atoms with Gasteiger partial charge in [0.1, 0.15) is 13.2 Å². The lowest BCUT2D eigenvalue weighted by atomic mass is 9.91. The lowest BCUT2D eigenvalue weighted by molar-refractivity contribution is -0.598. The first kappa shape index (κ1) is 41.4. The zero-order valence-corrected chi connectivity index (χ0v) is 28.1. The van der Waals surface area contributed by atoms with Crippen molar-refractivity contribution in [2.75, 3.05) is 13.2 Å². The number of para-hydroxylation sites is 2. The van der Waals surface area contributed by atoms with Gasteiger partial charge in [-0.15, -0.1) is 0 Å². The van der Waals surface area contributed by atoms with Crippen LogP contribution in [-0.2, 0) is 19.7 Å². The Labute approximate surface area is 269 Å². The molecule has 0 fully saturated rings. The van der Waals surface area contributed by atoms with E-state index in [1.165, 1.54) is 0 Å². The van der Waals surface area contributed by atoms with Gasteiger partial charge in [-0.1, -0.05) is 65.8 Å². The molecule has 0 heterocycles. The minimum Gasteiger partial charge on any atom is -0.743 e. The van der Waals surface area contributed by atoms with Crippen LogP contribution in [0.4, 0.5) is 39.5 Å². The number of hydrogen-bond acceptors (Lipinski definition) is 7. The molecule has 0 aliphatic heterocycles. The summed E-state index contributed by atoms with van der Waals surface area (Å²) in [6, 6.07) is 15.6. The van der Waals surface area contributed by atoms with Crippen molar-refractivity contribution >= 4 is 21.7 Å². The van der Waals surface area contributed by atoms with Crippen molar-refractivity contribution in [3.63, 3.8) is 0 Å². The monoisotopic (exact) mass is 808 g/mol. The Bertz CT molecular complexity index is 1410. The number of ether oxygens (including phenoxy) is 2. The molecule has 0 atom stereocenters. The number of rotatable bonds is 11. The van der Waals surface area contributed by atoms with Crippen LogP contribution >= 0.6 is 0 Å². The SMILES string of the molecule is CC(C)(C)C(=O)COc1ccccc1[I+]c1ccccc1OCC(=O)C(C)(C)C.O=S(=O)([O-])C(F)(F)C(F)(F)C(F)(F)C(F)(F)F. The predicted molar refractivity (Wildman–Crippen MR) is 141 cm³/mol. The second kappa shape index (κ2) is 14.7. The highest BCUT2D eigenvalue weighted by molar-refractivity contribution is 7.86. The summed E-state index contributed by atoms with van der Waals surface area (Å²) in [5, 5.41) is -7.11. The Morgan fingerprint density at radius 3 is 1.26 bits per heavy atom. The molecule has 0 saturated carbocycles. The van der Waals surface area contributed by atoms with Crippen molar-refractivity contribution in [1.29, 1.82) is 0 Å². The van der Waals surface area contributed by atoms with Gasteiger partial charge in [0.25, 0.3) is 0 Å². The van der Waals surface area contributed by atoms with Crippen LogP contribution in [0.1, 0.15) is 41.5 Å². The smallest absolute Gasteiger partial charge is 0.460 e. The van der Waals surface area contributed by atoms with E-state index in [1.54, 1.807) is 0 Å². The average Bonchev–Trinajstić information content (AvgIpc) is 2.89. The van der Waals surface area contributed by atoms with Crippen LogP contribution in [0.3, 0.4) is 0 Å². The molecule has 0 amide bonds. The highest BCUT2D eigenvalue weighted by atomic mass is 127. The van der Waals surface area contributed by atoms with E-state index in [2.05, 4.69) is 0 Å². The molecule has 18 heteroatoms. The maximum absolute atomic E-state index is 12.2. The molecular weight excluding hydrogens is 778 g/mol. The topological polar surface area (TPSA) is 110 Å². The second-order valence-electron chi connectivity index (χ2n) is 11.5. The molecule has 46 heavy (non-hydrogen) atoms. The Balaban J connectivity index is 0.000000533. The van der Waals surface area contributed by atoms with Gasteiger partial charge in [-0.3, -0.25) is 9.59 Å². The van der Waals surface area contributed by atoms with Crippen LogP contribution in [0.25, 0.3) is 0 Å². The lowest BCUT2D eigenvalue weighted by Gasteiger charge is -2.34. The van der Waals surface area contributed by atoms with E-state index in [0.29, 0.717) is 0 Å². The molecule has 0 saturated heterocycles. The van der Waals surface area contributed by atoms with Crippen molar-refractivity contribution < 1.29 is 92.8 Å². The van der Waals surface area contributed by atoms with Gasteiger partial charge in [-0.25, -0.2) is 8.42 Å². The molecule has 0 aliphatic rings. The predicted octanol–water partition coefficient (Wildman–Crippen LogP) is 3.76. The number of alkyl halides is 9. The van der Waals surface area contributed by atoms with Crippen LogP contribution in [0.5, 0.6) is 11.5 Å². The molecule has 260 valence electrons. The van der Waals surface area contributed by atoms with Crippen LogP contribution in [0.15, 0.2) is 48.5 Å². The number of hydrogen-bond donors (Lipinski definition) is 0. The largest absolute Gasteiger partial charge is 0.743 e.